The van der Waals surface area contributed by atoms with E-state index in [1.54, 1.807) is 19.2 Å². The first kappa shape index (κ1) is 22.3. The van der Waals surface area contributed by atoms with E-state index < -0.39 is 17.8 Å². The second-order valence-electron chi connectivity index (χ2n) is 7.72. The highest BCUT2D eigenvalue weighted by atomic mass is 19.4. The molecule has 2 heterocycles. The quantitative estimate of drug-likeness (QED) is 0.485. The number of pyridine rings is 1. The molecule has 4 aromatic rings. The first-order valence-electron chi connectivity index (χ1n) is 9.97. The molecular formula is C23H21F3N4O3. The van der Waals surface area contributed by atoms with E-state index in [4.69, 9.17) is 0 Å². The van der Waals surface area contributed by atoms with Gasteiger partial charge in [0.25, 0.3) is 0 Å². The van der Waals surface area contributed by atoms with Gasteiger partial charge in [-0.25, -0.2) is 9.36 Å². The number of rotatable bonds is 5. The zero-order valence-corrected chi connectivity index (χ0v) is 18.1. The van der Waals surface area contributed by atoms with Gasteiger partial charge in [0, 0.05) is 31.4 Å². The summed E-state index contributed by atoms with van der Waals surface area (Å²) in [6.45, 7) is 1.78. The van der Waals surface area contributed by atoms with E-state index >= 15 is 0 Å². The third kappa shape index (κ3) is 4.36. The second kappa shape index (κ2) is 8.19. The number of hydrogen-bond acceptors (Lipinski definition) is 5. The van der Waals surface area contributed by atoms with Crippen LogP contribution in [0.1, 0.15) is 11.3 Å². The molecule has 0 atom stereocenters. The van der Waals surface area contributed by atoms with Crippen molar-refractivity contribution in [1.82, 2.24) is 14.1 Å². The van der Waals surface area contributed by atoms with E-state index in [0.29, 0.717) is 5.69 Å². The molecule has 0 saturated heterocycles. The Bertz CT molecular complexity index is 1370. The standard InChI is InChI=1S/C23H21F3N4O3/c1-14-21(31)30(16-4-7-18(8-5-16)33-23(24,25)26)22(32)29(14)13-15-10-11-27-20-12-17(28(2)3)6-9-19(15)20/h4-12,31H,13H2,1-3H3. The van der Waals surface area contributed by atoms with Gasteiger partial charge in [-0.3, -0.25) is 9.55 Å². The number of nitrogens with zero attached hydrogens (tertiary/aromatic N) is 4. The topological polar surface area (TPSA) is 72.5 Å². The van der Waals surface area contributed by atoms with Gasteiger partial charge in [-0.2, -0.15) is 0 Å². The molecule has 0 radical (unpaired) electrons. The van der Waals surface area contributed by atoms with Gasteiger partial charge in [0.2, 0.25) is 5.88 Å². The van der Waals surface area contributed by atoms with Crippen molar-refractivity contribution < 1.29 is 23.0 Å². The van der Waals surface area contributed by atoms with Crippen LogP contribution in [-0.4, -0.2) is 39.7 Å². The van der Waals surface area contributed by atoms with Crippen LogP contribution in [0, 0.1) is 6.92 Å². The van der Waals surface area contributed by atoms with Crippen LogP contribution in [0.3, 0.4) is 0 Å². The lowest BCUT2D eigenvalue weighted by atomic mass is 10.1. The molecule has 0 aliphatic rings. The number of aromatic nitrogens is 3. The van der Waals surface area contributed by atoms with Crippen LogP contribution in [-0.2, 0) is 6.54 Å². The first-order chi connectivity index (χ1) is 15.5. The van der Waals surface area contributed by atoms with Crippen molar-refractivity contribution in [3.05, 3.63) is 76.5 Å². The minimum Gasteiger partial charge on any atom is -0.493 e. The van der Waals surface area contributed by atoms with E-state index in [9.17, 15) is 23.1 Å². The maximum absolute atomic E-state index is 13.1. The van der Waals surface area contributed by atoms with Gasteiger partial charge >= 0.3 is 12.1 Å². The molecule has 1 N–H and O–H groups in total. The molecule has 172 valence electrons. The van der Waals surface area contributed by atoms with Crippen LogP contribution in [0.5, 0.6) is 11.6 Å². The number of fused-ring (bicyclic) bond motifs is 1. The molecular weight excluding hydrogens is 437 g/mol. The van der Waals surface area contributed by atoms with Crippen molar-refractivity contribution in [3.63, 3.8) is 0 Å². The minimum absolute atomic E-state index is 0.181. The summed E-state index contributed by atoms with van der Waals surface area (Å²) in [5.41, 5.74) is 2.61. The number of anilines is 1. The summed E-state index contributed by atoms with van der Waals surface area (Å²) in [6, 6.07) is 12.4. The van der Waals surface area contributed by atoms with Gasteiger partial charge in [0.1, 0.15) is 5.75 Å². The van der Waals surface area contributed by atoms with Crippen molar-refractivity contribution in [3.8, 4) is 17.3 Å². The summed E-state index contributed by atoms with van der Waals surface area (Å²) >= 11 is 0. The Balaban J connectivity index is 1.72. The predicted molar refractivity (Wildman–Crippen MR) is 118 cm³/mol. The lowest BCUT2D eigenvalue weighted by Crippen LogP contribution is -2.24. The fourth-order valence-electron chi connectivity index (χ4n) is 3.64. The molecule has 7 nitrogen and oxygen atoms in total. The lowest BCUT2D eigenvalue weighted by molar-refractivity contribution is -0.274. The van der Waals surface area contributed by atoms with Crippen molar-refractivity contribution in [2.75, 3.05) is 19.0 Å². The number of ether oxygens (including phenoxy) is 1. The maximum atomic E-state index is 13.1. The molecule has 0 spiro atoms. The summed E-state index contributed by atoms with van der Waals surface area (Å²) in [5.74, 6) is -0.715. The SMILES string of the molecule is Cc1c(O)n(-c2ccc(OC(F)(F)F)cc2)c(=O)n1Cc1ccnc2cc(N(C)C)ccc12. The van der Waals surface area contributed by atoms with E-state index in [1.165, 1.54) is 16.7 Å². The molecule has 0 unspecified atom stereocenters. The number of benzene rings is 2. The zero-order valence-electron chi connectivity index (χ0n) is 18.1. The van der Waals surface area contributed by atoms with E-state index in [0.717, 1.165) is 38.9 Å². The van der Waals surface area contributed by atoms with Crippen LogP contribution in [0.4, 0.5) is 18.9 Å². The van der Waals surface area contributed by atoms with E-state index in [2.05, 4.69) is 9.72 Å². The normalized spacial score (nSPS) is 11.7. The lowest BCUT2D eigenvalue weighted by Gasteiger charge is -2.14. The predicted octanol–water partition coefficient (Wildman–Crippen LogP) is 4.21. The summed E-state index contributed by atoms with van der Waals surface area (Å²) in [5, 5.41) is 11.5. The number of halogens is 3. The summed E-state index contributed by atoms with van der Waals surface area (Å²) in [7, 11) is 3.86. The Labute approximate surface area is 186 Å². The van der Waals surface area contributed by atoms with Crippen LogP contribution >= 0.6 is 0 Å². The largest absolute Gasteiger partial charge is 0.573 e. The molecule has 2 aromatic carbocycles. The molecule has 0 fully saturated rings. The summed E-state index contributed by atoms with van der Waals surface area (Å²) in [4.78, 5) is 19.5. The van der Waals surface area contributed by atoms with Crippen LogP contribution in [0.15, 0.2) is 59.5 Å². The van der Waals surface area contributed by atoms with E-state index in [1.807, 2.05) is 37.2 Å². The monoisotopic (exact) mass is 458 g/mol. The van der Waals surface area contributed by atoms with Crippen molar-refractivity contribution in [2.45, 2.75) is 19.8 Å². The molecule has 0 amide bonds. The molecule has 0 aliphatic heterocycles. The maximum Gasteiger partial charge on any atom is 0.573 e. The molecule has 2 aromatic heterocycles. The Kier molecular flexibility index (Phi) is 5.52. The highest BCUT2D eigenvalue weighted by Crippen LogP contribution is 2.27. The van der Waals surface area contributed by atoms with Gasteiger partial charge in [-0.15, -0.1) is 13.2 Å². The Morgan fingerprint density at radius 2 is 1.79 bits per heavy atom. The van der Waals surface area contributed by atoms with E-state index in [-0.39, 0.29) is 18.1 Å². The Hall–Kier alpha value is -3.95. The summed E-state index contributed by atoms with van der Waals surface area (Å²) < 4.78 is 43.5. The molecule has 4 rings (SSSR count). The molecule has 0 saturated carbocycles. The second-order valence-corrected chi connectivity index (χ2v) is 7.72. The molecule has 33 heavy (non-hydrogen) atoms. The van der Waals surface area contributed by atoms with Crippen molar-refractivity contribution in [2.24, 2.45) is 0 Å². The van der Waals surface area contributed by atoms with Crippen molar-refractivity contribution >= 4 is 16.6 Å². The highest BCUT2D eigenvalue weighted by molar-refractivity contribution is 5.85. The minimum atomic E-state index is -4.82. The van der Waals surface area contributed by atoms with Crippen LogP contribution < -0.4 is 15.3 Å². The van der Waals surface area contributed by atoms with Gasteiger partial charge in [-0.05, 0) is 55.0 Å². The van der Waals surface area contributed by atoms with Gasteiger partial charge in [0.15, 0.2) is 0 Å². The number of hydrogen-bond donors (Lipinski definition) is 1. The van der Waals surface area contributed by atoms with Gasteiger partial charge < -0.3 is 14.7 Å². The Morgan fingerprint density at radius 1 is 1.09 bits per heavy atom. The summed E-state index contributed by atoms with van der Waals surface area (Å²) in [6.07, 6.45) is -3.16. The number of imidazole rings is 1. The molecule has 0 bridgehead atoms. The fraction of sp³-hybridized carbons (Fsp3) is 0.217. The first-order valence-corrected chi connectivity index (χ1v) is 9.97. The van der Waals surface area contributed by atoms with Crippen LogP contribution in [0.25, 0.3) is 16.6 Å². The average Bonchev–Trinajstić information content (AvgIpc) is 2.96. The third-order valence-corrected chi connectivity index (χ3v) is 5.35. The zero-order chi connectivity index (χ0) is 23.9. The average molecular weight is 458 g/mol. The highest BCUT2D eigenvalue weighted by Gasteiger charge is 2.31. The number of aromatic hydroxyl groups is 1. The fourth-order valence-corrected chi connectivity index (χ4v) is 3.64. The molecule has 0 aliphatic carbocycles. The number of alkyl halides is 3. The van der Waals surface area contributed by atoms with Crippen molar-refractivity contribution in [1.29, 1.82) is 0 Å². The smallest absolute Gasteiger partial charge is 0.493 e. The Morgan fingerprint density at radius 3 is 2.42 bits per heavy atom. The van der Waals surface area contributed by atoms with Gasteiger partial charge in [-0.1, -0.05) is 6.07 Å². The van der Waals surface area contributed by atoms with Crippen LogP contribution in [0.2, 0.25) is 0 Å². The molecule has 10 heteroatoms. The third-order valence-electron chi connectivity index (χ3n) is 5.35. The van der Waals surface area contributed by atoms with Gasteiger partial charge in [0.05, 0.1) is 23.4 Å².